The Kier molecular flexibility index (Phi) is 4.88. The summed E-state index contributed by atoms with van der Waals surface area (Å²) in [5.74, 6) is 0.992. The molecule has 0 aliphatic heterocycles. The summed E-state index contributed by atoms with van der Waals surface area (Å²) in [6.45, 7) is 2.32. The minimum absolute atomic E-state index is 0.123. The highest BCUT2D eigenvalue weighted by Gasteiger charge is 2.18. The molecule has 3 aromatic rings. The lowest BCUT2D eigenvalue weighted by molar-refractivity contribution is 0.0951. The minimum atomic E-state index is -0.341. The number of nitrogens with one attached hydrogen (secondary N) is 1. The molecule has 0 unspecified atom stereocenters. The van der Waals surface area contributed by atoms with E-state index in [4.69, 9.17) is 15.2 Å². The molecule has 1 aromatic heterocycles. The van der Waals surface area contributed by atoms with Gasteiger partial charge in [0.2, 0.25) is 0 Å². The van der Waals surface area contributed by atoms with Gasteiger partial charge in [0.15, 0.2) is 5.69 Å². The summed E-state index contributed by atoms with van der Waals surface area (Å²) in [5.41, 5.74) is 8.86. The van der Waals surface area contributed by atoms with Gasteiger partial charge in [0.05, 0.1) is 19.9 Å². The van der Waals surface area contributed by atoms with Crippen LogP contribution in [0.4, 0.5) is 5.69 Å². The summed E-state index contributed by atoms with van der Waals surface area (Å²) in [7, 11) is 3.19. The normalized spacial score (nSPS) is 10.6. The molecule has 3 rings (SSSR count). The largest absolute Gasteiger partial charge is 0.497 e. The van der Waals surface area contributed by atoms with Crippen LogP contribution < -0.4 is 20.5 Å². The van der Waals surface area contributed by atoms with Crippen molar-refractivity contribution in [2.75, 3.05) is 26.5 Å². The van der Waals surface area contributed by atoms with Crippen LogP contribution in [0.3, 0.4) is 0 Å². The van der Waals surface area contributed by atoms with E-state index in [1.165, 1.54) is 0 Å². The van der Waals surface area contributed by atoms with Gasteiger partial charge in [-0.2, -0.15) is 0 Å². The molecular formula is C19H20N4O3. The first-order valence-electron chi connectivity index (χ1n) is 8.16. The van der Waals surface area contributed by atoms with Gasteiger partial charge in [0.1, 0.15) is 17.0 Å². The van der Waals surface area contributed by atoms with Crippen LogP contribution in [0.15, 0.2) is 36.4 Å². The average molecular weight is 352 g/mol. The summed E-state index contributed by atoms with van der Waals surface area (Å²) in [6.07, 6.45) is 0. The topological polar surface area (TPSA) is 99.4 Å². The van der Waals surface area contributed by atoms with E-state index in [0.717, 1.165) is 11.1 Å². The minimum Gasteiger partial charge on any atom is -0.497 e. The lowest BCUT2D eigenvalue weighted by Gasteiger charge is -2.13. The van der Waals surface area contributed by atoms with Crippen molar-refractivity contribution in [3.05, 3.63) is 42.1 Å². The second kappa shape index (κ2) is 7.26. The van der Waals surface area contributed by atoms with Crippen LogP contribution in [0.25, 0.3) is 22.0 Å². The molecule has 7 heteroatoms. The number of methoxy groups -OCH3 is 2. The number of amides is 1. The van der Waals surface area contributed by atoms with E-state index in [1.54, 1.807) is 20.3 Å². The van der Waals surface area contributed by atoms with Gasteiger partial charge < -0.3 is 20.5 Å². The zero-order chi connectivity index (χ0) is 18.7. The summed E-state index contributed by atoms with van der Waals surface area (Å²) in [5, 5.41) is 11.7. The number of fused-ring (bicyclic) bond motifs is 1. The van der Waals surface area contributed by atoms with Gasteiger partial charge >= 0.3 is 0 Å². The van der Waals surface area contributed by atoms with Crippen molar-refractivity contribution in [1.29, 1.82) is 0 Å². The molecule has 2 aromatic carbocycles. The molecule has 7 nitrogen and oxygen atoms in total. The molecule has 0 aliphatic carbocycles. The molecule has 0 spiro atoms. The van der Waals surface area contributed by atoms with Crippen molar-refractivity contribution in [3.63, 3.8) is 0 Å². The molecule has 134 valence electrons. The molecule has 0 saturated carbocycles. The number of carbonyl (C=O) groups is 1. The Morgan fingerprint density at radius 3 is 2.62 bits per heavy atom. The number of aromatic nitrogens is 2. The number of hydrogen-bond donors (Lipinski definition) is 2. The smallest absolute Gasteiger partial charge is 0.273 e. The maximum absolute atomic E-state index is 12.1. The van der Waals surface area contributed by atoms with Crippen molar-refractivity contribution < 1.29 is 14.3 Å². The van der Waals surface area contributed by atoms with E-state index in [-0.39, 0.29) is 11.6 Å². The number of carbonyl (C=O) groups excluding carboxylic acids is 1. The van der Waals surface area contributed by atoms with Crippen molar-refractivity contribution in [2.24, 2.45) is 0 Å². The van der Waals surface area contributed by atoms with E-state index < -0.39 is 0 Å². The summed E-state index contributed by atoms with van der Waals surface area (Å²) >= 11 is 0. The molecule has 3 N–H and O–H groups in total. The molecule has 0 fully saturated rings. The van der Waals surface area contributed by atoms with Gasteiger partial charge in [-0.05, 0) is 19.1 Å². The number of benzene rings is 2. The van der Waals surface area contributed by atoms with Crippen LogP contribution in [0, 0.1) is 0 Å². The van der Waals surface area contributed by atoms with Gasteiger partial charge in [-0.3, -0.25) is 4.79 Å². The van der Waals surface area contributed by atoms with Crippen LogP contribution in [-0.4, -0.2) is 36.9 Å². The number of nitrogens with two attached hydrogens (primary N) is 1. The summed E-state index contributed by atoms with van der Waals surface area (Å²) in [6, 6.07) is 11.1. The van der Waals surface area contributed by atoms with Gasteiger partial charge in [0, 0.05) is 29.1 Å². The van der Waals surface area contributed by atoms with Crippen molar-refractivity contribution in [1.82, 2.24) is 15.5 Å². The third-order valence-electron chi connectivity index (χ3n) is 4.08. The Hall–Kier alpha value is -3.35. The van der Waals surface area contributed by atoms with Crippen molar-refractivity contribution >= 4 is 22.5 Å². The maximum Gasteiger partial charge on any atom is 0.273 e. The molecule has 0 aliphatic rings. The number of nitrogen functional groups attached to an aromatic ring is 1. The van der Waals surface area contributed by atoms with E-state index in [1.807, 2.05) is 37.3 Å². The van der Waals surface area contributed by atoms with Crippen LogP contribution in [-0.2, 0) is 0 Å². The lowest BCUT2D eigenvalue weighted by atomic mass is 10.00. The van der Waals surface area contributed by atoms with Gasteiger partial charge in [-0.1, -0.05) is 18.2 Å². The quantitative estimate of drug-likeness (QED) is 0.732. The van der Waals surface area contributed by atoms with Crippen LogP contribution in [0.5, 0.6) is 11.5 Å². The predicted octanol–water partition coefficient (Wildman–Crippen LogP) is 2.65. The van der Waals surface area contributed by atoms with Crippen LogP contribution >= 0.6 is 0 Å². The maximum atomic E-state index is 12.1. The zero-order valence-corrected chi connectivity index (χ0v) is 14.9. The number of nitrogens with zero attached hydrogens (tertiary/aromatic N) is 2. The fraction of sp³-hybridized carbons (Fsp3) is 0.211. The van der Waals surface area contributed by atoms with Crippen LogP contribution in [0.2, 0.25) is 0 Å². The summed E-state index contributed by atoms with van der Waals surface area (Å²) < 4.78 is 10.7. The highest BCUT2D eigenvalue weighted by atomic mass is 16.5. The Morgan fingerprint density at radius 2 is 1.92 bits per heavy atom. The molecule has 26 heavy (non-hydrogen) atoms. The number of hydrogen-bond acceptors (Lipinski definition) is 6. The van der Waals surface area contributed by atoms with E-state index in [9.17, 15) is 4.79 Å². The molecule has 1 amide bonds. The number of anilines is 1. The van der Waals surface area contributed by atoms with Crippen LogP contribution in [0.1, 0.15) is 17.4 Å². The second-order valence-corrected chi connectivity index (χ2v) is 5.59. The standard InChI is InChI=1S/C19H20N4O3/c1-4-21-19(24)18-16(20)14-7-5-6-13(17(14)22-23-18)12-9-8-11(25-2)10-15(12)26-3/h5-10H,4H2,1-3H3,(H2,20,22)(H,21,24). The van der Waals surface area contributed by atoms with Gasteiger partial charge in [-0.15, -0.1) is 10.2 Å². The number of ether oxygens (including phenoxy) is 2. The molecule has 0 radical (unpaired) electrons. The number of rotatable bonds is 5. The first kappa shape index (κ1) is 17.5. The van der Waals surface area contributed by atoms with E-state index in [0.29, 0.717) is 34.6 Å². The molecule has 0 bridgehead atoms. The Morgan fingerprint density at radius 1 is 1.12 bits per heavy atom. The second-order valence-electron chi connectivity index (χ2n) is 5.59. The van der Waals surface area contributed by atoms with Gasteiger partial charge in [0.25, 0.3) is 5.91 Å². The Bertz CT molecular complexity index is 972. The monoisotopic (exact) mass is 352 g/mol. The SMILES string of the molecule is CCNC(=O)c1nnc2c(-c3ccc(OC)cc3OC)cccc2c1N. The van der Waals surface area contributed by atoms with Crippen molar-refractivity contribution in [3.8, 4) is 22.6 Å². The third kappa shape index (κ3) is 2.99. The molecule has 0 saturated heterocycles. The first-order chi connectivity index (χ1) is 12.6. The fourth-order valence-electron chi connectivity index (χ4n) is 2.80. The van der Waals surface area contributed by atoms with Gasteiger partial charge in [-0.25, -0.2) is 0 Å². The summed E-state index contributed by atoms with van der Waals surface area (Å²) in [4.78, 5) is 12.1. The third-order valence-corrected chi connectivity index (χ3v) is 4.08. The van der Waals surface area contributed by atoms with Crippen molar-refractivity contribution in [2.45, 2.75) is 6.92 Å². The lowest BCUT2D eigenvalue weighted by Crippen LogP contribution is -2.25. The highest BCUT2D eigenvalue weighted by molar-refractivity contribution is 6.07. The Labute approximate surface area is 151 Å². The highest BCUT2D eigenvalue weighted by Crippen LogP contribution is 2.37. The Balaban J connectivity index is 2.20. The van der Waals surface area contributed by atoms with E-state index in [2.05, 4.69) is 15.5 Å². The average Bonchev–Trinajstić information content (AvgIpc) is 2.67. The zero-order valence-electron chi connectivity index (χ0n) is 14.9. The predicted molar refractivity (Wildman–Crippen MR) is 100 cm³/mol. The molecule has 1 heterocycles. The fourth-order valence-corrected chi connectivity index (χ4v) is 2.80. The first-order valence-corrected chi connectivity index (χ1v) is 8.16. The van der Waals surface area contributed by atoms with E-state index >= 15 is 0 Å². The molecular weight excluding hydrogens is 332 g/mol. The molecule has 0 atom stereocenters.